The van der Waals surface area contributed by atoms with Crippen molar-refractivity contribution in [2.24, 2.45) is 0 Å². The lowest BCUT2D eigenvalue weighted by atomic mass is 10.0. The summed E-state index contributed by atoms with van der Waals surface area (Å²) in [5, 5.41) is 12.7. The van der Waals surface area contributed by atoms with Crippen molar-refractivity contribution in [1.82, 2.24) is 4.90 Å². The maximum Gasteiger partial charge on any atom is 0.408 e. The minimum absolute atomic E-state index is 0.00109. The van der Waals surface area contributed by atoms with E-state index >= 15 is 0 Å². The molecule has 214 valence electrons. The van der Waals surface area contributed by atoms with E-state index in [1.807, 2.05) is 57.2 Å². The lowest BCUT2D eigenvalue weighted by molar-refractivity contribution is 0.00396. The van der Waals surface area contributed by atoms with Crippen LogP contribution in [0.4, 0.5) is 4.79 Å². The second-order valence-corrected chi connectivity index (χ2v) is 16.6. The standard InChI is InChI=1S/C32H40ClNO5Si/c1-31(2,3)34(30(36)37)26(21-38-23-29(35)24-17-19-25(33)20-18-24)22-39-40(32(4,5)6,27-13-9-7-10-14-27)28-15-11-8-12-16-28/h7-20,26H,21-23H2,1-6H3,(H,36,37)/t26-/m1/s1. The number of rotatable bonds is 11. The van der Waals surface area contributed by atoms with Gasteiger partial charge < -0.3 is 14.3 Å². The molecular weight excluding hydrogens is 542 g/mol. The van der Waals surface area contributed by atoms with Crippen molar-refractivity contribution in [3.63, 3.8) is 0 Å². The average molecular weight is 582 g/mol. The van der Waals surface area contributed by atoms with Crippen LogP contribution >= 0.6 is 11.6 Å². The van der Waals surface area contributed by atoms with E-state index in [9.17, 15) is 14.7 Å². The lowest BCUT2D eigenvalue weighted by Crippen LogP contribution is -2.68. The molecule has 0 radical (unpaired) electrons. The molecule has 0 saturated heterocycles. The van der Waals surface area contributed by atoms with Crippen LogP contribution in [0.3, 0.4) is 0 Å². The van der Waals surface area contributed by atoms with Gasteiger partial charge in [0.05, 0.1) is 19.3 Å². The van der Waals surface area contributed by atoms with Gasteiger partial charge in [0.2, 0.25) is 0 Å². The van der Waals surface area contributed by atoms with Crippen LogP contribution in [0.5, 0.6) is 0 Å². The molecule has 0 saturated carbocycles. The molecule has 0 bridgehead atoms. The number of ether oxygens (including phenoxy) is 1. The highest BCUT2D eigenvalue weighted by atomic mass is 35.5. The maximum absolute atomic E-state index is 12.7. The molecule has 0 unspecified atom stereocenters. The van der Waals surface area contributed by atoms with Crippen molar-refractivity contribution in [2.45, 2.75) is 58.2 Å². The first kappa shape index (κ1) is 31.6. The number of ketones is 1. The van der Waals surface area contributed by atoms with Crippen molar-refractivity contribution in [3.05, 3.63) is 95.5 Å². The number of halogens is 1. The van der Waals surface area contributed by atoms with E-state index < -0.39 is 26.0 Å². The van der Waals surface area contributed by atoms with Crippen LogP contribution in [0.2, 0.25) is 10.1 Å². The molecule has 0 aliphatic rings. The Morgan fingerprint density at radius 3 is 1.75 bits per heavy atom. The third-order valence-corrected chi connectivity index (χ3v) is 12.2. The summed E-state index contributed by atoms with van der Waals surface area (Å²) < 4.78 is 12.9. The smallest absolute Gasteiger partial charge is 0.408 e. The highest BCUT2D eigenvalue weighted by Crippen LogP contribution is 2.37. The first-order chi connectivity index (χ1) is 18.8. The Bertz CT molecular complexity index is 1210. The molecule has 3 rings (SSSR count). The summed E-state index contributed by atoms with van der Waals surface area (Å²) in [7, 11) is -2.93. The monoisotopic (exact) mass is 581 g/mol. The zero-order valence-corrected chi connectivity index (χ0v) is 25.9. The summed E-state index contributed by atoms with van der Waals surface area (Å²) in [5.41, 5.74) is -0.245. The predicted molar refractivity (Wildman–Crippen MR) is 164 cm³/mol. The van der Waals surface area contributed by atoms with E-state index in [1.54, 1.807) is 24.3 Å². The number of carboxylic acid groups (broad SMARTS) is 1. The van der Waals surface area contributed by atoms with Crippen LogP contribution in [0.25, 0.3) is 0 Å². The van der Waals surface area contributed by atoms with Gasteiger partial charge in [-0.3, -0.25) is 9.69 Å². The highest BCUT2D eigenvalue weighted by Gasteiger charge is 2.51. The van der Waals surface area contributed by atoms with Gasteiger partial charge in [0, 0.05) is 16.1 Å². The summed E-state index contributed by atoms with van der Waals surface area (Å²) in [6, 6.07) is 26.3. The maximum atomic E-state index is 12.7. The average Bonchev–Trinajstić information content (AvgIpc) is 2.88. The summed E-state index contributed by atoms with van der Waals surface area (Å²) >= 11 is 5.95. The van der Waals surface area contributed by atoms with Gasteiger partial charge >= 0.3 is 6.09 Å². The molecule has 3 aromatic carbocycles. The van der Waals surface area contributed by atoms with E-state index in [1.165, 1.54) is 4.90 Å². The summed E-state index contributed by atoms with van der Waals surface area (Å²) in [6.45, 7) is 12.0. The molecule has 0 spiro atoms. The van der Waals surface area contributed by atoms with Gasteiger partial charge in [0.15, 0.2) is 5.78 Å². The Morgan fingerprint density at radius 1 is 0.825 bits per heavy atom. The molecule has 40 heavy (non-hydrogen) atoms. The fourth-order valence-corrected chi connectivity index (χ4v) is 9.90. The highest BCUT2D eigenvalue weighted by molar-refractivity contribution is 6.99. The van der Waals surface area contributed by atoms with E-state index in [2.05, 4.69) is 45.0 Å². The van der Waals surface area contributed by atoms with E-state index in [0.717, 1.165) is 10.4 Å². The third kappa shape index (κ3) is 7.40. The number of carbonyl (C=O) groups excluding carboxylic acids is 1. The summed E-state index contributed by atoms with van der Waals surface area (Å²) in [5.74, 6) is -0.207. The topological polar surface area (TPSA) is 76.1 Å². The van der Waals surface area contributed by atoms with Crippen LogP contribution in [0.15, 0.2) is 84.9 Å². The first-order valence-corrected chi connectivity index (χ1v) is 15.7. The Kier molecular flexibility index (Phi) is 10.4. The zero-order chi connectivity index (χ0) is 29.6. The van der Waals surface area contributed by atoms with Gasteiger partial charge in [-0.1, -0.05) is 93.0 Å². The van der Waals surface area contributed by atoms with Crippen LogP contribution in [0, 0.1) is 0 Å². The minimum atomic E-state index is -2.93. The number of amides is 1. The Morgan fingerprint density at radius 2 is 1.32 bits per heavy atom. The molecule has 1 N–H and O–H groups in total. The Labute approximate surface area is 244 Å². The molecule has 1 amide bonds. The molecule has 6 nitrogen and oxygen atoms in total. The largest absolute Gasteiger partial charge is 0.465 e. The van der Waals surface area contributed by atoms with Gasteiger partial charge in [0.1, 0.15) is 6.61 Å². The van der Waals surface area contributed by atoms with Crippen LogP contribution < -0.4 is 10.4 Å². The second-order valence-electron chi connectivity index (χ2n) is 11.9. The minimum Gasteiger partial charge on any atom is -0.465 e. The van der Waals surface area contributed by atoms with Crippen LogP contribution in [-0.2, 0) is 9.16 Å². The van der Waals surface area contributed by atoms with Gasteiger partial charge in [-0.05, 0) is 60.4 Å². The van der Waals surface area contributed by atoms with Crippen molar-refractivity contribution in [1.29, 1.82) is 0 Å². The normalized spacial score (nSPS) is 13.1. The molecule has 0 aromatic heterocycles. The second kappa shape index (κ2) is 13.1. The van der Waals surface area contributed by atoms with E-state index in [0.29, 0.717) is 10.6 Å². The van der Waals surface area contributed by atoms with Crippen LogP contribution in [0.1, 0.15) is 51.9 Å². The van der Waals surface area contributed by atoms with E-state index in [-0.39, 0.29) is 30.6 Å². The number of nitrogens with zero attached hydrogens (tertiary/aromatic N) is 1. The van der Waals surface area contributed by atoms with Crippen molar-refractivity contribution in [3.8, 4) is 0 Å². The number of Topliss-reactive ketones (excluding diaryl/α,β-unsaturated/α-hetero) is 1. The van der Waals surface area contributed by atoms with Gasteiger partial charge in [-0.2, -0.15) is 0 Å². The quantitative estimate of drug-likeness (QED) is 0.213. The summed E-state index contributed by atoms with van der Waals surface area (Å²) in [6.07, 6.45) is -1.07. The van der Waals surface area contributed by atoms with Gasteiger partial charge in [-0.15, -0.1) is 0 Å². The number of hydrogen-bond acceptors (Lipinski definition) is 4. The van der Waals surface area contributed by atoms with Crippen molar-refractivity contribution < 1.29 is 23.9 Å². The Hall–Kier alpha value is -2.97. The molecule has 1 atom stereocenters. The number of benzene rings is 3. The third-order valence-electron chi connectivity index (χ3n) is 6.91. The van der Waals surface area contributed by atoms with E-state index in [4.69, 9.17) is 20.8 Å². The molecule has 0 fully saturated rings. The fraction of sp³-hybridized carbons (Fsp3) is 0.375. The van der Waals surface area contributed by atoms with Crippen molar-refractivity contribution >= 4 is 42.2 Å². The predicted octanol–water partition coefficient (Wildman–Crippen LogP) is 6.26. The SMILES string of the molecule is CC(C)(C)N(C(=O)O)[C@H](COCC(=O)c1ccc(Cl)cc1)CO[Si](c1ccccc1)(c1ccccc1)C(C)(C)C. The zero-order valence-electron chi connectivity index (χ0n) is 24.2. The Balaban J connectivity index is 1.96. The molecule has 0 heterocycles. The van der Waals surface area contributed by atoms with Crippen LogP contribution in [-0.4, -0.2) is 61.6 Å². The van der Waals surface area contributed by atoms with Gasteiger partial charge in [-0.25, -0.2) is 4.79 Å². The lowest BCUT2D eigenvalue weighted by Gasteiger charge is -2.45. The molecule has 0 aliphatic carbocycles. The molecular formula is C32H40ClNO5Si. The fourth-order valence-electron chi connectivity index (χ4n) is 5.18. The van der Waals surface area contributed by atoms with Crippen molar-refractivity contribution in [2.75, 3.05) is 19.8 Å². The molecule has 3 aromatic rings. The molecule has 0 aliphatic heterocycles. The molecule has 8 heteroatoms. The summed E-state index contributed by atoms with van der Waals surface area (Å²) in [4.78, 5) is 26.7. The number of carbonyl (C=O) groups is 2. The first-order valence-electron chi connectivity index (χ1n) is 13.4. The number of hydrogen-bond donors (Lipinski definition) is 1. The van der Waals surface area contributed by atoms with Gasteiger partial charge in [0.25, 0.3) is 8.32 Å².